The number of aryl methyl sites for hydroxylation is 1. The molecular formula is C18H13NOS. The van der Waals surface area contributed by atoms with Gasteiger partial charge in [0.1, 0.15) is 10.8 Å². The fraction of sp³-hybridized carbons (Fsp3) is 0.0556. The van der Waals surface area contributed by atoms with Crippen molar-refractivity contribution in [3.8, 4) is 16.3 Å². The first kappa shape index (κ1) is 12.4. The number of aromatic hydroxyl groups is 1. The van der Waals surface area contributed by atoms with Crippen LogP contribution in [0.2, 0.25) is 0 Å². The average molecular weight is 291 g/mol. The quantitative estimate of drug-likeness (QED) is 0.527. The summed E-state index contributed by atoms with van der Waals surface area (Å²) in [5.74, 6) is 0.283. The largest absolute Gasteiger partial charge is 0.507 e. The fourth-order valence-electron chi connectivity index (χ4n) is 2.56. The summed E-state index contributed by atoms with van der Waals surface area (Å²) in [6.07, 6.45) is 0. The fourth-order valence-corrected chi connectivity index (χ4v) is 3.55. The Hall–Kier alpha value is -2.39. The van der Waals surface area contributed by atoms with Crippen molar-refractivity contribution >= 4 is 32.3 Å². The number of hydrogen-bond donors (Lipinski definition) is 1. The molecule has 0 aliphatic heterocycles. The summed E-state index contributed by atoms with van der Waals surface area (Å²) in [6, 6.07) is 18.1. The van der Waals surface area contributed by atoms with E-state index in [0.29, 0.717) is 0 Å². The first-order chi connectivity index (χ1) is 10.2. The van der Waals surface area contributed by atoms with Crippen LogP contribution < -0.4 is 0 Å². The van der Waals surface area contributed by atoms with Crippen LogP contribution in [0.1, 0.15) is 5.56 Å². The smallest absolute Gasteiger partial charge is 0.128 e. The highest BCUT2D eigenvalue weighted by Crippen LogP contribution is 2.37. The molecule has 102 valence electrons. The zero-order chi connectivity index (χ0) is 14.4. The number of hydrogen-bond acceptors (Lipinski definition) is 3. The summed E-state index contributed by atoms with van der Waals surface area (Å²) >= 11 is 1.61. The van der Waals surface area contributed by atoms with Crippen LogP contribution in [0.3, 0.4) is 0 Å². The minimum Gasteiger partial charge on any atom is -0.507 e. The van der Waals surface area contributed by atoms with E-state index in [2.05, 4.69) is 30.1 Å². The van der Waals surface area contributed by atoms with E-state index in [9.17, 15) is 5.11 Å². The van der Waals surface area contributed by atoms with Gasteiger partial charge in [0.15, 0.2) is 0 Å². The Kier molecular flexibility index (Phi) is 2.69. The Morgan fingerprint density at radius 1 is 0.952 bits per heavy atom. The summed E-state index contributed by atoms with van der Waals surface area (Å²) in [7, 11) is 0. The van der Waals surface area contributed by atoms with E-state index in [1.54, 1.807) is 11.3 Å². The molecule has 2 nitrogen and oxygen atoms in total. The molecule has 0 unspecified atom stereocenters. The lowest BCUT2D eigenvalue weighted by Gasteiger charge is -2.05. The summed E-state index contributed by atoms with van der Waals surface area (Å²) in [5.41, 5.74) is 2.99. The van der Waals surface area contributed by atoms with Gasteiger partial charge in [-0.3, -0.25) is 0 Å². The van der Waals surface area contributed by atoms with E-state index in [0.717, 1.165) is 31.6 Å². The molecule has 21 heavy (non-hydrogen) atoms. The first-order valence-electron chi connectivity index (χ1n) is 6.80. The maximum Gasteiger partial charge on any atom is 0.128 e. The molecule has 0 amide bonds. The van der Waals surface area contributed by atoms with Gasteiger partial charge >= 0.3 is 0 Å². The van der Waals surface area contributed by atoms with Gasteiger partial charge in [-0.1, -0.05) is 35.9 Å². The third-order valence-electron chi connectivity index (χ3n) is 3.63. The summed E-state index contributed by atoms with van der Waals surface area (Å²) in [6.45, 7) is 2.07. The van der Waals surface area contributed by atoms with E-state index < -0.39 is 0 Å². The van der Waals surface area contributed by atoms with Gasteiger partial charge in [-0.05, 0) is 42.0 Å². The van der Waals surface area contributed by atoms with Crippen LogP contribution >= 0.6 is 11.3 Å². The SMILES string of the molecule is Cc1ccc2cc(O)c(-c3nc4ccccc4s3)cc2c1. The number of para-hydroxylation sites is 1. The second-order valence-corrected chi connectivity index (χ2v) is 6.24. The Bertz CT molecular complexity index is 938. The van der Waals surface area contributed by atoms with Crippen LogP contribution in [-0.2, 0) is 0 Å². The number of phenols is 1. The third kappa shape index (κ3) is 2.06. The summed E-state index contributed by atoms with van der Waals surface area (Å²) < 4.78 is 1.14. The molecule has 0 radical (unpaired) electrons. The molecule has 0 saturated heterocycles. The first-order valence-corrected chi connectivity index (χ1v) is 7.62. The predicted octanol–water partition coefficient (Wildman–Crippen LogP) is 5.13. The zero-order valence-corrected chi connectivity index (χ0v) is 12.3. The van der Waals surface area contributed by atoms with Gasteiger partial charge in [0.05, 0.1) is 15.8 Å². The van der Waals surface area contributed by atoms with Gasteiger partial charge in [0.2, 0.25) is 0 Å². The maximum absolute atomic E-state index is 10.3. The Morgan fingerprint density at radius 3 is 2.67 bits per heavy atom. The van der Waals surface area contributed by atoms with Gasteiger partial charge in [-0.15, -0.1) is 11.3 Å². The van der Waals surface area contributed by atoms with Crippen molar-refractivity contribution in [1.82, 2.24) is 4.98 Å². The van der Waals surface area contributed by atoms with Gasteiger partial charge in [-0.25, -0.2) is 4.98 Å². The molecule has 0 atom stereocenters. The molecule has 3 heteroatoms. The zero-order valence-electron chi connectivity index (χ0n) is 11.5. The number of thiazole rings is 1. The van der Waals surface area contributed by atoms with Crippen LogP contribution in [0.25, 0.3) is 31.6 Å². The van der Waals surface area contributed by atoms with E-state index in [1.807, 2.05) is 36.4 Å². The molecule has 1 N–H and O–H groups in total. The second-order valence-electron chi connectivity index (χ2n) is 5.21. The van der Waals surface area contributed by atoms with Crippen molar-refractivity contribution in [3.63, 3.8) is 0 Å². The molecule has 0 spiro atoms. The highest BCUT2D eigenvalue weighted by Gasteiger charge is 2.11. The normalized spacial score (nSPS) is 11.3. The topological polar surface area (TPSA) is 33.1 Å². The molecular weight excluding hydrogens is 278 g/mol. The molecule has 0 saturated carbocycles. The van der Waals surface area contributed by atoms with Crippen molar-refractivity contribution in [1.29, 1.82) is 0 Å². The van der Waals surface area contributed by atoms with Crippen LogP contribution in [-0.4, -0.2) is 10.1 Å². The predicted molar refractivity (Wildman–Crippen MR) is 89.0 cm³/mol. The molecule has 0 bridgehead atoms. The molecule has 0 aliphatic carbocycles. The third-order valence-corrected chi connectivity index (χ3v) is 4.70. The van der Waals surface area contributed by atoms with E-state index in [-0.39, 0.29) is 5.75 Å². The van der Waals surface area contributed by atoms with Crippen LogP contribution in [0, 0.1) is 6.92 Å². The molecule has 1 heterocycles. The van der Waals surface area contributed by atoms with E-state index in [4.69, 9.17) is 0 Å². The van der Waals surface area contributed by atoms with E-state index >= 15 is 0 Å². The Morgan fingerprint density at radius 2 is 1.81 bits per heavy atom. The lowest BCUT2D eigenvalue weighted by molar-refractivity contribution is 0.478. The van der Waals surface area contributed by atoms with Gasteiger partial charge in [-0.2, -0.15) is 0 Å². The van der Waals surface area contributed by atoms with Gasteiger partial charge in [0, 0.05) is 0 Å². The lowest BCUT2D eigenvalue weighted by atomic mass is 10.0. The van der Waals surface area contributed by atoms with Gasteiger partial charge < -0.3 is 5.11 Å². The number of aromatic nitrogens is 1. The molecule has 3 aromatic carbocycles. The number of benzene rings is 3. The minimum atomic E-state index is 0.283. The Balaban J connectivity index is 1.98. The number of rotatable bonds is 1. The standard InChI is InChI=1S/C18H13NOS/c1-11-6-7-12-10-16(20)14(9-13(12)8-11)18-19-15-4-2-3-5-17(15)21-18/h2-10,20H,1H3. The number of fused-ring (bicyclic) bond motifs is 2. The van der Waals surface area contributed by atoms with Crippen LogP contribution in [0.15, 0.2) is 54.6 Å². The molecule has 0 fully saturated rings. The second kappa shape index (κ2) is 4.57. The maximum atomic E-state index is 10.3. The lowest BCUT2D eigenvalue weighted by Crippen LogP contribution is -1.81. The summed E-state index contributed by atoms with van der Waals surface area (Å²) in [4.78, 5) is 4.63. The van der Waals surface area contributed by atoms with Crippen molar-refractivity contribution in [2.24, 2.45) is 0 Å². The van der Waals surface area contributed by atoms with Crippen molar-refractivity contribution in [2.75, 3.05) is 0 Å². The van der Waals surface area contributed by atoms with Crippen molar-refractivity contribution in [2.45, 2.75) is 6.92 Å². The van der Waals surface area contributed by atoms with Crippen LogP contribution in [0.5, 0.6) is 5.75 Å². The highest BCUT2D eigenvalue weighted by molar-refractivity contribution is 7.21. The molecule has 4 rings (SSSR count). The van der Waals surface area contributed by atoms with Crippen molar-refractivity contribution in [3.05, 3.63) is 60.2 Å². The van der Waals surface area contributed by atoms with Crippen LogP contribution in [0.4, 0.5) is 0 Å². The molecule has 1 aromatic heterocycles. The highest BCUT2D eigenvalue weighted by atomic mass is 32.1. The minimum absolute atomic E-state index is 0.283. The average Bonchev–Trinajstić information content (AvgIpc) is 2.90. The van der Waals surface area contributed by atoms with Gasteiger partial charge in [0.25, 0.3) is 0 Å². The number of nitrogens with zero attached hydrogens (tertiary/aromatic N) is 1. The summed E-state index contributed by atoms with van der Waals surface area (Å²) in [5, 5.41) is 13.4. The van der Waals surface area contributed by atoms with Crippen molar-refractivity contribution < 1.29 is 5.11 Å². The Labute approximate surface area is 126 Å². The molecule has 0 aliphatic rings. The molecule has 4 aromatic rings. The van der Waals surface area contributed by atoms with E-state index in [1.165, 1.54) is 5.56 Å². The monoisotopic (exact) mass is 291 g/mol. The number of phenolic OH excluding ortho intramolecular Hbond substituents is 1.